The molecular formula is C4H6N2O2. The lowest BCUT2D eigenvalue weighted by Crippen LogP contribution is -2.14. The van der Waals surface area contributed by atoms with Gasteiger partial charge in [-0.15, -0.1) is 0 Å². The molecule has 0 saturated heterocycles. The van der Waals surface area contributed by atoms with Gasteiger partial charge in [0.15, 0.2) is 0 Å². The maximum absolute atomic E-state index is 8.06. The Labute approximate surface area is 46.5 Å². The van der Waals surface area contributed by atoms with Crippen molar-refractivity contribution in [3.63, 3.8) is 0 Å². The van der Waals surface area contributed by atoms with Crippen LogP contribution in [0.1, 0.15) is 0 Å². The third-order valence-corrected chi connectivity index (χ3v) is 0.771. The molecule has 0 radical (unpaired) electrons. The molecule has 4 nitrogen and oxygen atoms in total. The Morgan fingerprint density at radius 2 is 2.75 bits per heavy atom. The van der Waals surface area contributed by atoms with Crippen LogP contribution in [0.15, 0.2) is 10.1 Å². The standard InChI is InChI=1S/C4H6N2O2/c7-6-4-3-5-1-2-8-4/h3,7H,1-2H2/b6-4+. The van der Waals surface area contributed by atoms with Gasteiger partial charge in [-0.1, -0.05) is 0 Å². The van der Waals surface area contributed by atoms with Gasteiger partial charge in [0.1, 0.15) is 6.61 Å². The summed E-state index contributed by atoms with van der Waals surface area (Å²) in [4.78, 5) is 3.79. The van der Waals surface area contributed by atoms with Crippen LogP contribution in [0.25, 0.3) is 0 Å². The smallest absolute Gasteiger partial charge is 0.268 e. The lowest BCUT2D eigenvalue weighted by atomic mass is 10.6. The molecular weight excluding hydrogens is 108 g/mol. The van der Waals surface area contributed by atoms with E-state index in [1.54, 1.807) is 0 Å². The average molecular weight is 114 g/mol. The van der Waals surface area contributed by atoms with Crippen LogP contribution in [0.3, 0.4) is 0 Å². The predicted molar refractivity (Wildman–Crippen MR) is 28.5 cm³/mol. The van der Waals surface area contributed by atoms with Crippen LogP contribution in [-0.2, 0) is 4.74 Å². The first kappa shape index (κ1) is 5.08. The minimum Gasteiger partial charge on any atom is -0.473 e. The summed E-state index contributed by atoms with van der Waals surface area (Å²) in [5.41, 5.74) is 0. The van der Waals surface area contributed by atoms with Crippen molar-refractivity contribution in [1.82, 2.24) is 0 Å². The SMILES string of the molecule is O/N=C1\C=NCCO1. The number of rotatable bonds is 0. The van der Waals surface area contributed by atoms with Crippen LogP contribution >= 0.6 is 0 Å². The molecule has 0 spiro atoms. The monoisotopic (exact) mass is 114 g/mol. The van der Waals surface area contributed by atoms with Gasteiger partial charge in [0.2, 0.25) is 0 Å². The lowest BCUT2D eigenvalue weighted by molar-refractivity contribution is 0.262. The number of hydrogen-bond donors (Lipinski definition) is 1. The molecule has 0 aliphatic carbocycles. The summed E-state index contributed by atoms with van der Waals surface area (Å²) in [6, 6.07) is 0. The van der Waals surface area contributed by atoms with E-state index in [4.69, 9.17) is 9.94 Å². The molecule has 0 fully saturated rings. The third kappa shape index (κ3) is 0.959. The molecule has 1 aliphatic rings. The molecule has 0 atom stereocenters. The second-order valence-electron chi connectivity index (χ2n) is 1.32. The van der Waals surface area contributed by atoms with Gasteiger partial charge < -0.3 is 9.94 Å². The summed E-state index contributed by atoms with van der Waals surface area (Å²) in [6.45, 7) is 1.16. The Kier molecular flexibility index (Phi) is 1.46. The van der Waals surface area contributed by atoms with E-state index in [0.29, 0.717) is 13.2 Å². The van der Waals surface area contributed by atoms with E-state index < -0.39 is 0 Å². The van der Waals surface area contributed by atoms with Gasteiger partial charge in [-0.25, -0.2) is 0 Å². The largest absolute Gasteiger partial charge is 0.473 e. The van der Waals surface area contributed by atoms with Crippen LogP contribution in [0.5, 0.6) is 0 Å². The quantitative estimate of drug-likeness (QED) is 0.352. The minimum atomic E-state index is 0.191. The first-order valence-corrected chi connectivity index (χ1v) is 2.28. The summed E-state index contributed by atoms with van der Waals surface area (Å²) in [7, 11) is 0. The molecule has 0 aromatic rings. The number of nitrogens with zero attached hydrogens (tertiary/aromatic N) is 2. The molecule has 0 bridgehead atoms. The van der Waals surface area contributed by atoms with Crippen LogP contribution in [0.2, 0.25) is 0 Å². The molecule has 0 unspecified atom stereocenters. The van der Waals surface area contributed by atoms with Crippen molar-refractivity contribution in [2.24, 2.45) is 10.1 Å². The maximum Gasteiger partial charge on any atom is 0.268 e. The van der Waals surface area contributed by atoms with Gasteiger partial charge in [0, 0.05) is 0 Å². The topological polar surface area (TPSA) is 54.2 Å². The molecule has 0 aromatic carbocycles. The molecule has 1 N–H and O–H groups in total. The molecule has 1 rings (SSSR count). The van der Waals surface area contributed by atoms with Crippen molar-refractivity contribution < 1.29 is 9.94 Å². The van der Waals surface area contributed by atoms with Crippen molar-refractivity contribution >= 4 is 12.1 Å². The normalized spacial score (nSPS) is 23.2. The molecule has 0 saturated carbocycles. The highest BCUT2D eigenvalue weighted by molar-refractivity contribution is 6.26. The number of oxime groups is 1. The number of ether oxygens (including phenoxy) is 1. The fourth-order valence-electron chi connectivity index (χ4n) is 0.438. The Balaban J connectivity index is 2.56. The Bertz CT molecular complexity index is 130. The highest BCUT2D eigenvalue weighted by Crippen LogP contribution is 1.85. The van der Waals surface area contributed by atoms with Crippen LogP contribution in [0.4, 0.5) is 0 Å². The fourth-order valence-corrected chi connectivity index (χ4v) is 0.438. The Morgan fingerprint density at radius 1 is 1.88 bits per heavy atom. The molecule has 1 aliphatic heterocycles. The van der Waals surface area contributed by atoms with Crippen LogP contribution in [-0.4, -0.2) is 30.5 Å². The number of aliphatic imine (C=N–C) groups is 1. The Morgan fingerprint density at radius 3 is 3.12 bits per heavy atom. The van der Waals surface area contributed by atoms with Gasteiger partial charge in [0.25, 0.3) is 5.90 Å². The second kappa shape index (κ2) is 2.30. The van der Waals surface area contributed by atoms with E-state index in [9.17, 15) is 0 Å². The zero-order valence-electron chi connectivity index (χ0n) is 4.24. The zero-order valence-corrected chi connectivity index (χ0v) is 4.24. The van der Waals surface area contributed by atoms with Crippen molar-refractivity contribution in [3.05, 3.63) is 0 Å². The molecule has 0 amide bonds. The van der Waals surface area contributed by atoms with Crippen molar-refractivity contribution in [3.8, 4) is 0 Å². The maximum atomic E-state index is 8.06. The van der Waals surface area contributed by atoms with Crippen LogP contribution in [0, 0.1) is 0 Å². The fraction of sp³-hybridized carbons (Fsp3) is 0.500. The van der Waals surface area contributed by atoms with E-state index in [2.05, 4.69) is 10.1 Å². The molecule has 8 heavy (non-hydrogen) atoms. The van der Waals surface area contributed by atoms with Crippen LogP contribution < -0.4 is 0 Å². The van der Waals surface area contributed by atoms with E-state index in [1.165, 1.54) is 6.21 Å². The summed E-state index contributed by atoms with van der Waals surface area (Å²) in [5.74, 6) is 0.191. The molecule has 0 aromatic heterocycles. The molecule has 44 valence electrons. The highest BCUT2D eigenvalue weighted by atomic mass is 16.5. The van der Waals surface area contributed by atoms with Crippen molar-refractivity contribution in [1.29, 1.82) is 0 Å². The lowest BCUT2D eigenvalue weighted by Gasteiger charge is -2.04. The van der Waals surface area contributed by atoms with E-state index in [1.807, 2.05) is 0 Å². The first-order chi connectivity index (χ1) is 3.93. The van der Waals surface area contributed by atoms with Gasteiger partial charge in [0.05, 0.1) is 12.8 Å². The highest BCUT2D eigenvalue weighted by Gasteiger charge is 1.99. The summed E-state index contributed by atoms with van der Waals surface area (Å²) >= 11 is 0. The van der Waals surface area contributed by atoms with E-state index in [0.717, 1.165) is 0 Å². The summed E-state index contributed by atoms with van der Waals surface area (Å²) in [6.07, 6.45) is 1.39. The van der Waals surface area contributed by atoms with Crippen molar-refractivity contribution in [2.75, 3.05) is 13.2 Å². The average Bonchev–Trinajstić information content (AvgIpc) is 1.90. The summed E-state index contributed by atoms with van der Waals surface area (Å²) in [5, 5.41) is 10.9. The Hall–Kier alpha value is -1.06. The number of hydrogen-bond acceptors (Lipinski definition) is 4. The van der Waals surface area contributed by atoms with Gasteiger partial charge in [-0.2, -0.15) is 0 Å². The molecule has 1 heterocycles. The van der Waals surface area contributed by atoms with Crippen molar-refractivity contribution in [2.45, 2.75) is 0 Å². The van der Waals surface area contributed by atoms with Gasteiger partial charge in [-0.05, 0) is 5.16 Å². The second-order valence-corrected chi connectivity index (χ2v) is 1.32. The molecule has 4 heteroatoms. The zero-order chi connectivity index (χ0) is 5.82. The van der Waals surface area contributed by atoms with Gasteiger partial charge >= 0.3 is 0 Å². The summed E-state index contributed by atoms with van der Waals surface area (Å²) < 4.78 is 4.78. The third-order valence-electron chi connectivity index (χ3n) is 0.771. The first-order valence-electron chi connectivity index (χ1n) is 2.28. The van der Waals surface area contributed by atoms with E-state index >= 15 is 0 Å². The predicted octanol–water partition coefficient (Wildman–Crippen LogP) is -0.125. The van der Waals surface area contributed by atoms with E-state index in [-0.39, 0.29) is 5.90 Å². The van der Waals surface area contributed by atoms with Gasteiger partial charge in [-0.3, -0.25) is 4.99 Å². The minimum absolute atomic E-state index is 0.191.